The molecule has 0 bridgehead atoms. The van der Waals surface area contributed by atoms with E-state index in [2.05, 4.69) is 13.8 Å². The van der Waals surface area contributed by atoms with E-state index >= 15 is 0 Å². The highest BCUT2D eigenvalue weighted by atomic mass is 16.6. The number of aliphatic hydroxyl groups is 1. The van der Waals surface area contributed by atoms with E-state index in [0.717, 1.165) is 19.3 Å². The van der Waals surface area contributed by atoms with Crippen LogP contribution in [0.1, 0.15) is 58.8 Å². The van der Waals surface area contributed by atoms with Gasteiger partial charge < -0.3 is 9.84 Å². The van der Waals surface area contributed by atoms with E-state index in [1.165, 1.54) is 19.3 Å². The first-order valence-corrected chi connectivity index (χ1v) is 8.33. The third kappa shape index (κ3) is 1.48. The van der Waals surface area contributed by atoms with Crippen LogP contribution >= 0.6 is 0 Å². The smallest absolute Gasteiger partial charge is 0.306 e. The van der Waals surface area contributed by atoms with Crippen molar-refractivity contribution in [2.24, 2.45) is 28.6 Å². The largest absolute Gasteiger partial charge is 0.462 e. The highest BCUT2D eigenvalue weighted by Gasteiger charge is 2.62. The summed E-state index contributed by atoms with van der Waals surface area (Å²) in [5, 5.41) is 10.4. The Kier molecular flexibility index (Phi) is 2.62. The second-order valence-electron chi connectivity index (χ2n) is 8.25. The maximum Gasteiger partial charge on any atom is 0.306 e. The van der Waals surface area contributed by atoms with E-state index in [4.69, 9.17) is 4.74 Å². The number of fused-ring (bicyclic) bond motifs is 5. The van der Waals surface area contributed by atoms with E-state index in [9.17, 15) is 9.90 Å². The maximum absolute atomic E-state index is 11.8. The van der Waals surface area contributed by atoms with Crippen LogP contribution in [0.3, 0.4) is 0 Å². The molecule has 1 heterocycles. The molecule has 3 heteroatoms. The van der Waals surface area contributed by atoms with Crippen LogP contribution in [-0.2, 0) is 9.53 Å². The lowest BCUT2D eigenvalue weighted by Crippen LogP contribution is -2.52. The Bertz CT molecular complexity index is 448. The van der Waals surface area contributed by atoms with Crippen molar-refractivity contribution in [1.29, 1.82) is 0 Å². The number of hydrogen-bond donors (Lipinski definition) is 1. The molecule has 3 aliphatic carbocycles. The van der Waals surface area contributed by atoms with E-state index in [-0.39, 0.29) is 29.0 Å². The van der Waals surface area contributed by atoms with Gasteiger partial charge in [-0.1, -0.05) is 13.8 Å². The third-order valence-electron chi connectivity index (χ3n) is 7.53. The Morgan fingerprint density at radius 1 is 1.05 bits per heavy atom. The summed E-state index contributed by atoms with van der Waals surface area (Å²) in [6.07, 6.45) is 7.32. The Labute approximate surface area is 121 Å². The molecular weight excluding hydrogens is 252 g/mol. The number of ether oxygens (including phenoxy) is 1. The topological polar surface area (TPSA) is 46.5 Å². The fourth-order valence-corrected chi connectivity index (χ4v) is 6.34. The lowest BCUT2D eigenvalue weighted by Gasteiger charge is -2.55. The summed E-state index contributed by atoms with van der Waals surface area (Å²) in [6.45, 7) is 4.59. The minimum absolute atomic E-state index is 0.0120. The van der Waals surface area contributed by atoms with E-state index < -0.39 is 0 Å². The van der Waals surface area contributed by atoms with Gasteiger partial charge in [0.2, 0.25) is 0 Å². The highest BCUT2D eigenvalue weighted by Crippen LogP contribution is 2.64. The molecule has 0 radical (unpaired) electrons. The summed E-state index contributed by atoms with van der Waals surface area (Å²) in [5.41, 5.74) is 0.197. The van der Waals surface area contributed by atoms with Crippen LogP contribution in [0.5, 0.6) is 0 Å². The van der Waals surface area contributed by atoms with Gasteiger partial charge in [-0.3, -0.25) is 4.79 Å². The van der Waals surface area contributed by atoms with Crippen molar-refractivity contribution in [2.75, 3.05) is 0 Å². The number of esters is 1. The van der Waals surface area contributed by atoms with Crippen LogP contribution in [0, 0.1) is 28.6 Å². The quantitative estimate of drug-likeness (QED) is 0.693. The zero-order valence-electron chi connectivity index (χ0n) is 12.6. The van der Waals surface area contributed by atoms with Crippen LogP contribution in [0.15, 0.2) is 0 Å². The SMILES string of the molecule is C[C@]12CC[C@H]3[C@@H](CCC4OC(=O)C[C@@]43C)[C@@H]1CC[C@@H]2O. The zero-order chi connectivity index (χ0) is 14.1. The van der Waals surface area contributed by atoms with Gasteiger partial charge in [0.1, 0.15) is 6.10 Å². The van der Waals surface area contributed by atoms with Gasteiger partial charge in [-0.15, -0.1) is 0 Å². The first kappa shape index (κ1) is 13.1. The number of carbonyl (C=O) groups is 1. The van der Waals surface area contributed by atoms with Gasteiger partial charge in [-0.2, -0.15) is 0 Å². The van der Waals surface area contributed by atoms with E-state index in [0.29, 0.717) is 24.2 Å². The average molecular weight is 278 g/mol. The molecule has 1 N–H and O–H groups in total. The van der Waals surface area contributed by atoms with Gasteiger partial charge in [0, 0.05) is 5.41 Å². The van der Waals surface area contributed by atoms with Crippen LogP contribution in [-0.4, -0.2) is 23.3 Å². The normalized spacial score (nSPS) is 57.8. The fraction of sp³-hybridized carbons (Fsp3) is 0.941. The Hall–Kier alpha value is -0.570. The number of aliphatic hydroxyl groups excluding tert-OH is 1. The summed E-state index contributed by atoms with van der Waals surface area (Å²) in [7, 11) is 0. The summed E-state index contributed by atoms with van der Waals surface area (Å²) >= 11 is 0. The molecule has 1 unspecified atom stereocenters. The van der Waals surface area contributed by atoms with Crippen LogP contribution in [0.4, 0.5) is 0 Å². The first-order chi connectivity index (χ1) is 9.45. The summed E-state index contributed by atoms with van der Waals surface area (Å²) in [4.78, 5) is 11.8. The molecule has 112 valence electrons. The molecule has 4 fully saturated rings. The molecule has 3 nitrogen and oxygen atoms in total. The van der Waals surface area contributed by atoms with Crippen molar-refractivity contribution in [3.05, 3.63) is 0 Å². The number of rotatable bonds is 0. The standard InChI is InChI=1S/C17H26O3/c1-16-8-7-12-10(11(16)4-5-13(16)18)3-6-14-17(12,2)9-15(19)20-14/h10-14,18H,3-9H2,1-2H3/t10-,11-,12-,13-,14?,16-,17+/m0/s1. The molecule has 20 heavy (non-hydrogen) atoms. The fourth-order valence-electron chi connectivity index (χ4n) is 6.34. The Morgan fingerprint density at radius 2 is 1.80 bits per heavy atom. The van der Waals surface area contributed by atoms with Crippen molar-refractivity contribution in [2.45, 2.75) is 71.0 Å². The lowest BCUT2D eigenvalue weighted by molar-refractivity contribution is -0.146. The number of carbonyl (C=O) groups excluding carboxylic acids is 1. The molecule has 3 saturated carbocycles. The molecular formula is C17H26O3. The van der Waals surface area contributed by atoms with Gasteiger partial charge in [0.25, 0.3) is 0 Å². The van der Waals surface area contributed by atoms with Crippen molar-refractivity contribution >= 4 is 5.97 Å². The average Bonchev–Trinajstić information content (AvgIpc) is 2.86. The zero-order valence-corrected chi connectivity index (χ0v) is 12.6. The molecule has 0 aromatic carbocycles. The molecule has 0 spiro atoms. The Morgan fingerprint density at radius 3 is 2.60 bits per heavy atom. The molecule has 0 aromatic rings. The van der Waals surface area contributed by atoms with Crippen LogP contribution in [0.25, 0.3) is 0 Å². The number of hydrogen-bond acceptors (Lipinski definition) is 3. The predicted molar refractivity (Wildman–Crippen MR) is 74.9 cm³/mol. The van der Waals surface area contributed by atoms with Gasteiger partial charge in [-0.05, 0) is 61.7 Å². The molecule has 1 saturated heterocycles. The third-order valence-corrected chi connectivity index (χ3v) is 7.53. The molecule has 0 aromatic heterocycles. The van der Waals surface area contributed by atoms with Crippen molar-refractivity contribution in [1.82, 2.24) is 0 Å². The van der Waals surface area contributed by atoms with Gasteiger partial charge in [0.05, 0.1) is 12.5 Å². The molecule has 4 rings (SSSR count). The van der Waals surface area contributed by atoms with Crippen LogP contribution in [0.2, 0.25) is 0 Å². The monoisotopic (exact) mass is 278 g/mol. The predicted octanol–water partition coefficient (Wildman–Crippen LogP) is 2.91. The summed E-state index contributed by atoms with van der Waals surface area (Å²) < 4.78 is 5.59. The summed E-state index contributed by atoms with van der Waals surface area (Å²) in [5.74, 6) is 1.99. The van der Waals surface area contributed by atoms with Crippen molar-refractivity contribution in [3.63, 3.8) is 0 Å². The van der Waals surface area contributed by atoms with E-state index in [1.807, 2.05) is 0 Å². The second kappa shape index (κ2) is 4.00. The molecule has 1 aliphatic heterocycles. The molecule has 4 aliphatic rings. The van der Waals surface area contributed by atoms with Gasteiger partial charge in [0.15, 0.2) is 0 Å². The van der Waals surface area contributed by atoms with Gasteiger partial charge >= 0.3 is 5.97 Å². The molecule has 7 atom stereocenters. The van der Waals surface area contributed by atoms with Crippen molar-refractivity contribution < 1.29 is 14.6 Å². The van der Waals surface area contributed by atoms with Crippen LogP contribution < -0.4 is 0 Å². The Balaban J connectivity index is 1.67. The lowest BCUT2D eigenvalue weighted by atomic mass is 9.49. The highest BCUT2D eigenvalue weighted by molar-refractivity contribution is 5.73. The molecule has 0 amide bonds. The minimum atomic E-state index is -0.111. The first-order valence-electron chi connectivity index (χ1n) is 8.33. The van der Waals surface area contributed by atoms with E-state index in [1.54, 1.807) is 0 Å². The minimum Gasteiger partial charge on any atom is -0.462 e. The van der Waals surface area contributed by atoms with Gasteiger partial charge in [-0.25, -0.2) is 0 Å². The van der Waals surface area contributed by atoms with Crippen molar-refractivity contribution in [3.8, 4) is 0 Å². The second-order valence-corrected chi connectivity index (χ2v) is 8.25. The maximum atomic E-state index is 11.8. The summed E-state index contributed by atoms with van der Waals surface area (Å²) in [6, 6.07) is 0.